The summed E-state index contributed by atoms with van der Waals surface area (Å²) in [5.74, 6) is 0.667. The summed E-state index contributed by atoms with van der Waals surface area (Å²) >= 11 is 0. The zero-order chi connectivity index (χ0) is 18.0. The maximum Gasteiger partial charge on any atom is 0.289 e. The fourth-order valence-electron chi connectivity index (χ4n) is 2.86. The number of benzene rings is 2. The first-order valence-corrected chi connectivity index (χ1v) is 7.80. The van der Waals surface area contributed by atoms with Crippen molar-refractivity contribution in [2.45, 2.75) is 13.8 Å². The van der Waals surface area contributed by atoms with Crippen LogP contribution in [0.1, 0.15) is 22.4 Å². The molecule has 5 nitrogen and oxygen atoms in total. The van der Waals surface area contributed by atoms with Crippen LogP contribution in [0, 0.1) is 25.2 Å². The smallest absolute Gasteiger partial charge is 0.289 e. The van der Waals surface area contributed by atoms with Gasteiger partial charge < -0.3 is 4.74 Å². The van der Waals surface area contributed by atoms with Crippen molar-refractivity contribution in [1.29, 1.82) is 5.26 Å². The molecule has 124 valence electrons. The average molecular weight is 331 g/mol. The number of fused-ring (bicyclic) bond motifs is 1. The predicted molar refractivity (Wildman–Crippen MR) is 98.4 cm³/mol. The van der Waals surface area contributed by atoms with Crippen LogP contribution >= 0.6 is 0 Å². The Hall–Kier alpha value is -3.39. The van der Waals surface area contributed by atoms with E-state index in [0.29, 0.717) is 17.0 Å². The van der Waals surface area contributed by atoms with Crippen molar-refractivity contribution in [2.75, 3.05) is 7.11 Å². The molecule has 0 radical (unpaired) electrons. The van der Waals surface area contributed by atoms with Crippen molar-refractivity contribution in [3.8, 4) is 11.8 Å². The Morgan fingerprint density at radius 1 is 1.20 bits per heavy atom. The normalized spacial score (nSPS) is 11.0. The monoisotopic (exact) mass is 331 g/mol. The lowest BCUT2D eigenvalue weighted by atomic mass is 10.0. The van der Waals surface area contributed by atoms with E-state index in [0.717, 1.165) is 16.3 Å². The van der Waals surface area contributed by atoms with E-state index in [1.165, 1.54) is 4.68 Å². The minimum Gasteiger partial charge on any atom is -0.496 e. The fourth-order valence-corrected chi connectivity index (χ4v) is 2.86. The van der Waals surface area contributed by atoms with Gasteiger partial charge in [0.2, 0.25) is 0 Å². The largest absolute Gasteiger partial charge is 0.496 e. The van der Waals surface area contributed by atoms with Crippen molar-refractivity contribution in [1.82, 2.24) is 4.68 Å². The highest BCUT2D eigenvalue weighted by Gasteiger charge is 2.10. The quantitative estimate of drug-likeness (QED) is 0.691. The molecule has 0 fully saturated rings. The van der Waals surface area contributed by atoms with Crippen molar-refractivity contribution in [2.24, 2.45) is 5.10 Å². The average Bonchev–Trinajstić information content (AvgIpc) is 2.61. The molecule has 25 heavy (non-hydrogen) atoms. The second-order valence-electron chi connectivity index (χ2n) is 5.72. The van der Waals surface area contributed by atoms with Crippen molar-refractivity contribution in [3.63, 3.8) is 0 Å². The van der Waals surface area contributed by atoms with Gasteiger partial charge in [-0.2, -0.15) is 10.4 Å². The highest BCUT2D eigenvalue weighted by atomic mass is 16.5. The zero-order valence-corrected chi connectivity index (χ0v) is 14.3. The molecule has 0 saturated heterocycles. The van der Waals surface area contributed by atoms with E-state index in [1.807, 2.05) is 42.5 Å². The first-order chi connectivity index (χ1) is 12.1. The number of methoxy groups -OCH3 is 1. The van der Waals surface area contributed by atoms with Gasteiger partial charge in [-0.05, 0) is 42.3 Å². The van der Waals surface area contributed by atoms with E-state index >= 15 is 0 Å². The summed E-state index contributed by atoms with van der Waals surface area (Å²) in [6, 6.07) is 15.5. The number of hydrogen-bond acceptors (Lipinski definition) is 4. The Labute approximate surface area is 145 Å². The third kappa shape index (κ3) is 2.90. The molecule has 1 aromatic heterocycles. The van der Waals surface area contributed by atoms with E-state index < -0.39 is 5.56 Å². The Morgan fingerprint density at radius 2 is 1.96 bits per heavy atom. The summed E-state index contributed by atoms with van der Waals surface area (Å²) in [5.41, 5.74) is 1.78. The van der Waals surface area contributed by atoms with Gasteiger partial charge in [-0.15, -0.1) is 0 Å². The maximum atomic E-state index is 12.5. The summed E-state index contributed by atoms with van der Waals surface area (Å²) in [6.45, 7) is 3.53. The van der Waals surface area contributed by atoms with Crippen LogP contribution in [0.25, 0.3) is 10.8 Å². The van der Waals surface area contributed by atoms with E-state index in [2.05, 4.69) is 5.10 Å². The number of pyridine rings is 1. The predicted octanol–water partition coefficient (Wildman–Crippen LogP) is 3.38. The fraction of sp³-hybridized carbons (Fsp3) is 0.150. The van der Waals surface area contributed by atoms with Gasteiger partial charge in [0.1, 0.15) is 17.4 Å². The van der Waals surface area contributed by atoms with Crippen LogP contribution in [0.2, 0.25) is 0 Å². The molecule has 1 heterocycles. The topological polar surface area (TPSA) is 67.4 Å². The molecule has 0 spiro atoms. The molecule has 0 amide bonds. The van der Waals surface area contributed by atoms with Crippen molar-refractivity contribution in [3.05, 3.63) is 75.2 Å². The van der Waals surface area contributed by atoms with Gasteiger partial charge in [0, 0.05) is 11.3 Å². The minimum absolute atomic E-state index is 0.104. The standard InChI is InChI=1S/C20H17N3O2/c1-13-10-14(2)23(20(24)17(13)11-21)22-12-18-16-7-5-4-6-15(16)8-9-19(18)25-3/h4-10,12H,1-3H3/b22-12+. The number of aromatic nitrogens is 1. The SMILES string of the molecule is COc1ccc2ccccc2c1/C=N/n1c(C)cc(C)c(C#N)c1=O. The Bertz CT molecular complexity index is 1090. The summed E-state index contributed by atoms with van der Waals surface area (Å²) in [5, 5.41) is 15.5. The van der Waals surface area contributed by atoms with Crippen molar-refractivity contribution < 1.29 is 4.74 Å². The van der Waals surface area contributed by atoms with Crippen LogP contribution in [0.5, 0.6) is 5.75 Å². The lowest BCUT2D eigenvalue weighted by Crippen LogP contribution is -2.22. The van der Waals surface area contributed by atoms with Crippen LogP contribution in [-0.4, -0.2) is 18.0 Å². The molecule has 0 atom stereocenters. The third-order valence-corrected chi connectivity index (χ3v) is 4.12. The Kier molecular flexibility index (Phi) is 4.36. The number of ether oxygens (including phenoxy) is 1. The number of nitriles is 1. The summed E-state index contributed by atoms with van der Waals surface area (Å²) in [4.78, 5) is 12.5. The first kappa shape index (κ1) is 16.5. The molecule has 0 unspecified atom stereocenters. The Morgan fingerprint density at radius 3 is 2.68 bits per heavy atom. The third-order valence-electron chi connectivity index (χ3n) is 4.12. The number of hydrogen-bond donors (Lipinski definition) is 0. The number of aryl methyl sites for hydroxylation is 2. The molecule has 0 aliphatic heterocycles. The molecule has 0 bridgehead atoms. The number of rotatable bonds is 3. The maximum absolute atomic E-state index is 12.5. The van der Waals surface area contributed by atoms with Crippen LogP contribution in [-0.2, 0) is 0 Å². The molecule has 0 aliphatic rings. The number of nitrogens with zero attached hydrogens (tertiary/aromatic N) is 3. The molecule has 2 aromatic carbocycles. The van der Waals surface area contributed by atoms with Crippen molar-refractivity contribution >= 4 is 17.0 Å². The molecule has 5 heteroatoms. The van der Waals surface area contributed by atoms with Gasteiger partial charge in [0.15, 0.2) is 0 Å². The highest BCUT2D eigenvalue weighted by Crippen LogP contribution is 2.26. The molecule has 0 aliphatic carbocycles. The van der Waals surface area contributed by atoms with Crippen LogP contribution in [0.15, 0.2) is 52.4 Å². The van der Waals surface area contributed by atoms with Crippen LogP contribution in [0.4, 0.5) is 0 Å². The van der Waals surface area contributed by atoms with Gasteiger partial charge in [-0.3, -0.25) is 4.79 Å². The second-order valence-corrected chi connectivity index (χ2v) is 5.72. The Balaban J connectivity index is 2.21. The lowest BCUT2D eigenvalue weighted by Gasteiger charge is -2.10. The highest BCUT2D eigenvalue weighted by molar-refractivity contribution is 6.02. The molecular weight excluding hydrogens is 314 g/mol. The molecule has 3 aromatic rings. The summed E-state index contributed by atoms with van der Waals surface area (Å²) in [6.07, 6.45) is 1.60. The second kappa shape index (κ2) is 6.62. The van der Waals surface area contributed by atoms with Gasteiger partial charge in [-0.1, -0.05) is 30.3 Å². The van der Waals surface area contributed by atoms with Crippen LogP contribution < -0.4 is 10.3 Å². The van der Waals surface area contributed by atoms with E-state index in [-0.39, 0.29) is 5.56 Å². The summed E-state index contributed by atoms with van der Waals surface area (Å²) < 4.78 is 6.68. The lowest BCUT2D eigenvalue weighted by molar-refractivity contribution is 0.415. The minimum atomic E-state index is -0.421. The van der Waals surface area contributed by atoms with Gasteiger partial charge >= 0.3 is 0 Å². The van der Waals surface area contributed by atoms with Gasteiger partial charge in [-0.25, -0.2) is 4.68 Å². The molecule has 0 saturated carbocycles. The summed E-state index contributed by atoms with van der Waals surface area (Å²) in [7, 11) is 1.60. The molecular formula is C20H17N3O2. The molecule has 0 N–H and O–H groups in total. The first-order valence-electron chi connectivity index (χ1n) is 7.80. The zero-order valence-electron chi connectivity index (χ0n) is 14.3. The molecule has 3 rings (SSSR count). The van der Waals surface area contributed by atoms with Crippen LogP contribution in [0.3, 0.4) is 0 Å². The van der Waals surface area contributed by atoms with Gasteiger partial charge in [0.25, 0.3) is 5.56 Å². The van der Waals surface area contributed by atoms with E-state index in [1.54, 1.807) is 33.2 Å². The van der Waals surface area contributed by atoms with E-state index in [4.69, 9.17) is 4.74 Å². The van der Waals surface area contributed by atoms with E-state index in [9.17, 15) is 10.1 Å². The van der Waals surface area contributed by atoms with Gasteiger partial charge in [0.05, 0.1) is 13.3 Å².